The summed E-state index contributed by atoms with van der Waals surface area (Å²) in [7, 11) is -3.33. The number of likely N-dealkylation sites (tertiary alicyclic amines) is 1. The SMILES string of the molecule is C[C@H]1C[C@H](C)CN(C(=O)Nc2ccc(F)cc2CS(C)(=O)=O)C1. The molecule has 128 valence electrons. The summed E-state index contributed by atoms with van der Waals surface area (Å²) in [6, 6.07) is 3.50. The first-order valence-corrected chi connectivity index (χ1v) is 9.72. The number of nitrogens with one attached hydrogen (secondary N) is 1. The average molecular weight is 342 g/mol. The maximum atomic E-state index is 13.4. The van der Waals surface area contributed by atoms with Crippen molar-refractivity contribution in [1.82, 2.24) is 4.90 Å². The lowest BCUT2D eigenvalue weighted by Crippen LogP contribution is -2.44. The van der Waals surface area contributed by atoms with Crippen LogP contribution in [0.3, 0.4) is 0 Å². The van der Waals surface area contributed by atoms with Gasteiger partial charge in [0.25, 0.3) is 0 Å². The van der Waals surface area contributed by atoms with Crippen LogP contribution in [0.2, 0.25) is 0 Å². The van der Waals surface area contributed by atoms with E-state index in [-0.39, 0.29) is 17.3 Å². The van der Waals surface area contributed by atoms with Crippen molar-refractivity contribution in [2.24, 2.45) is 11.8 Å². The van der Waals surface area contributed by atoms with Gasteiger partial charge >= 0.3 is 6.03 Å². The van der Waals surface area contributed by atoms with E-state index in [2.05, 4.69) is 19.2 Å². The second-order valence-corrected chi connectivity index (χ2v) is 8.79. The minimum absolute atomic E-state index is 0.263. The van der Waals surface area contributed by atoms with Gasteiger partial charge in [-0.1, -0.05) is 13.8 Å². The van der Waals surface area contributed by atoms with E-state index in [0.29, 0.717) is 30.6 Å². The third-order valence-electron chi connectivity index (χ3n) is 3.88. The molecule has 5 nitrogen and oxygen atoms in total. The van der Waals surface area contributed by atoms with Crippen LogP contribution >= 0.6 is 0 Å². The molecule has 2 atom stereocenters. The normalized spacial score (nSPS) is 22.0. The van der Waals surface area contributed by atoms with Crippen molar-refractivity contribution in [3.05, 3.63) is 29.6 Å². The number of hydrogen-bond acceptors (Lipinski definition) is 3. The number of amides is 2. The lowest BCUT2D eigenvalue weighted by Gasteiger charge is -2.35. The third kappa shape index (κ3) is 5.20. The highest BCUT2D eigenvalue weighted by atomic mass is 32.2. The van der Waals surface area contributed by atoms with E-state index >= 15 is 0 Å². The fourth-order valence-corrected chi connectivity index (χ4v) is 3.91. The first-order valence-electron chi connectivity index (χ1n) is 7.66. The summed E-state index contributed by atoms with van der Waals surface area (Å²) in [5.74, 6) is 0.0102. The van der Waals surface area contributed by atoms with E-state index in [0.717, 1.165) is 18.7 Å². The Hall–Kier alpha value is -1.63. The topological polar surface area (TPSA) is 66.5 Å². The zero-order valence-corrected chi connectivity index (χ0v) is 14.5. The van der Waals surface area contributed by atoms with Gasteiger partial charge in [0.1, 0.15) is 5.82 Å². The second-order valence-electron chi connectivity index (χ2n) is 6.65. The van der Waals surface area contributed by atoms with Crippen LogP contribution in [0.25, 0.3) is 0 Å². The van der Waals surface area contributed by atoms with Gasteiger partial charge in [0.05, 0.1) is 5.75 Å². The fraction of sp³-hybridized carbons (Fsp3) is 0.562. The minimum Gasteiger partial charge on any atom is -0.324 e. The van der Waals surface area contributed by atoms with Gasteiger partial charge in [-0.3, -0.25) is 0 Å². The first kappa shape index (κ1) is 17.7. The van der Waals surface area contributed by atoms with Gasteiger partial charge in [-0.15, -0.1) is 0 Å². The number of halogens is 1. The van der Waals surface area contributed by atoms with Gasteiger partial charge in [0, 0.05) is 25.0 Å². The van der Waals surface area contributed by atoms with Crippen LogP contribution in [0, 0.1) is 17.7 Å². The van der Waals surface area contributed by atoms with Gasteiger partial charge in [-0.25, -0.2) is 17.6 Å². The van der Waals surface area contributed by atoms with Gasteiger partial charge in [-0.05, 0) is 42.0 Å². The number of sulfone groups is 1. The van der Waals surface area contributed by atoms with Crippen molar-refractivity contribution in [2.75, 3.05) is 24.7 Å². The molecule has 1 fully saturated rings. The summed E-state index contributed by atoms with van der Waals surface area (Å²) in [6.45, 7) is 5.53. The van der Waals surface area contributed by atoms with Crippen LogP contribution in [0.15, 0.2) is 18.2 Å². The molecule has 0 unspecified atom stereocenters. The van der Waals surface area contributed by atoms with E-state index in [1.807, 2.05) is 0 Å². The summed E-state index contributed by atoms with van der Waals surface area (Å²) in [4.78, 5) is 14.2. The Kier molecular flexibility index (Phi) is 5.29. The number of hydrogen-bond donors (Lipinski definition) is 1. The van der Waals surface area contributed by atoms with Crippen molar-refractivity contribution in [1.29, 1.82) is 0 Å². The Morgan fingerprint density at radius 3 is 2.48 bits per heavy atom. The molecule has 2 amide bonds. The van der Waals surface area contributed by atoms with E-state index < -0.39 is 15.7 Å². The molecule has 1 aliphatic heterocycles. The van der Waals surface area contributed by atoms with Gasteiger partial charge in [0.2, 0.25) is 0 Å². The van der Waals surface area contributed by atoms with Gasteiger partial charge in [-0.2, -0.15) is 0 Å². The number of benzene rings is 1. The molecule has 7 heteroatoms. The average Bonchev–Trinajstić information content (AvgIpc) is 2.39. The number of urea groups is 1. The largest absolute Gasteiger partial charge is 0.324 e. The summed E-state index contributed by atoms with van der Waals surface area (Å²) in [6.07, 6.45) is 2.16. The van der Waals surface area contributed by atoms with E-state index in [1.54, 1.807) is 4.90 Å². The lowest BCUT2D eigenvalue weighted by atomic mass is 9.92. The molecular formula is C16H23FN2O3S. The zero-order chi connectivity index (χ0) is 17.2. The van der Waals surface area contributed by atoms with Gasteiger partial charge < -0.3 is 10.2 Å². The number of carbonyl (C=O) groups is 1. The molecule has 0 radical (unpaired) electrons. The second kappa shape index (κ2) is 6.86. The van der Waals surface area contributed by atoms with Crippen LogP contribution in [0.1, 0.15) is 25.8 Å². The van der Waals surface area contributed by atoms with Crippen molar-refractivity contribution in [3.63, 3.8) is 0 Å². The smallest absolute Gasteiger partial charge is 0.321 e. The third-order valence-corrected chi connectivity index (χ3v) is 4.72. The van der Waals surface area contributed by atoms with Crippen LogP contribution in [0.5, 0.6) is 0 Å². The number of piperidine rings is 1. The molecule has 0 aliphatic carbocycles. The summed E-state index contributed by atoms with van der Waals surface area (Å²) >= 11 is 0. The van der Waals surface area contributed by atoms with Crippen molar-refractivity contribution in [2.45, 2.75) is 26.0 Å². The number of nitrogens with zero attached hydrogens (tertiary/aromatic N) is 1. The monoisotopic (exact) mass is 342 g/mol. The maximum absolute atomic E-state index is 13.4. The Balaban J connectivity index is 2.17. The molecule has 0 saturated carbocycles. The molecule has 0 spiro atoms. The van der Waals surface area contributed by atoms with Crippen molar-refractivity contribution in [3.8, 4) is 0 Å². The Morgan fingerprint density at radius 1 is 1.30 bits per heavy atom. The number of anilines is 1. The summed E-state index contributed by atoms with van der Waals surface area (Å²) in [5.41, 5.74) is 0.603. The predicted molar refractivity (Wildman–Crippen MR) is 88.5 cm³/mol. The summed E-state index contributed by atoms with van der Waals surface area (Å²) in [5, 5.41) is 2.73. The van der Waals surface area contributed by atoms with Crippen LogP contribution < -0.4 is 5.32 Å². The Labute approximate surface area is 136 Å². The number of rotatable bonds is 3. The highest BCUT2D eigenvalue weighted by molar-refractivity contribution is 7.89. The van der Waals surface area contributed by atoms with Crippen LogP contribution in [-0.4, -0.2) is 38.7 Å². The summed E-state index contributed by atoms with van der Waals surface area (Å²) < 4.78 is 36.4. The highest BCUT2D eigenvalue weighted by Gasteiger charge is 2.26. The highest BCUT2D eigenvalue weighted by Crippen LogP contribution is 2.24. The molecule has 0 aromatic heterocycles. The molecule has 1 saturated heterocycles. The van der Waals surface area contributed by atoms with E-state index in [9.17, 15) is 17.6 Å². The molecule has 0 bridgehead atoms. The predicted octanol–water partition coefficient (Wildman–Crippen LogP) is 2.88. The van der Waals surface area contributed by atoms with Crippen LogP contribution in [-0.2, 0) is 15.6 Å². The Bertz CT molecular complexity index is 681. The van der Waals surface area contributed by atoms with E-state index in [1.165, 1.54) is 12.1 Å². The number of carbonyl (C=O) groups excluding carboxylic acids is 1. The molecule has 1 aromatic rings. The molecule has 1 aromatic carbocycles. The lowest BCUT2D eigenvalue weighted by molar-refractivity contribution is 0.156. The molecular weight excluding hydrogens is 319 g/mol. The van der Waals surface area contributed by atoms with Crippen molar-refractivity contribution >= 4 is 21.6 Å². The zero-order valence-electron chi connectivity index (χ0n) is 13.7. The van der Waals surface area contributed by atoms with E-state index in [4.69, 9.17) is 0 Å². The fourth-order valence-electron chi connectivity index (χ4n) is 3.11. The quantitative estimate of drug-likeness (QED) is 0.918. The standard InChI is InChI=1S/C16H23FN2O3S/c1-11-6-12(2)9-19(8-11)16(20)18-15-5-4-14(17)7-13(15)10-23(3,21)22/h4-5,7,11-12H,6,8-10H2,1-3H3,(H,18,20)/t11-,12-/m0/s1. The Morgan fingerprint density at radius 2 is 1.91 bits per heavy atom. The first-order chi connectivity index (χ1) is 10.6. The minimum atomic E-state index is -3.33. The van der Waals surface area contributed by atoms with Crippen molar-refractivity contribution < 1.29 is 17.6 Å². The molecule has 1 heterocycles. The molecule has 1 aliphatic rings. The van der Waals surface area contributed by atoms with Gasteiger partial charge in [0.15, 0.2) is 9.84 Å². The molecule has 1 N–H and O–H groups in total. The molecule has 23 heavy (non-hydrogen) atoms. The maximum Gasteiger partial charge on any atom is 0.321 e. The molecule has 2 rings (SSSR count). The van der Waals surface area contributed by atoms with Crippen LogP contribution in [0.4, 0.5) is 14.9 Å².